The van der Waals surface area contributed by atoms with Crippen LogP contribution >= 0.6 is 0 Å². The molecule has 1 fully saturated rings. The molecule has 0 atom stereocenters. The van der Waals surface area contributed by atoms with E-state index < -0.39 is 10.0 Å². The molecule has 1 aromatic rings. The third kappa shape index (κ3) is 2.91. The van der Waals surface area contributed by atoms with Gasteiger partial charge in [-0.1, -0.05) is 12.1 Å². The van der Waals surface area contributed by atoms with E-state index in [1.54, 1.807) is 18.2 Å². The molecule has 1 aliphatic carbocycles. The Balaban J connectivity index is 2.27. The van der Waals surface area contributed by atoms with Crippen LogP contribution in [0.15, 0.2) is 29.2 Å². The van der Waals surface area contributed by atoms with Gasteiger partial charge in [0.05, 0.1) is 4.90 Å². The largest absolute Gasteiger partial charge is 0.396 e. The highest BCUT2D eigenvalue weighted by Gasteiger charge is 2.37. The lowest BCUT2D eigenvalue weighted by molar-refractivity contribution is 0.267. The van der Waals surface area contributed by atoms with Gasteiger partial charge in [-0.15, -0.1) is 0 Å². The number of nitrogens with zero attached hydrogens (tertiary/aromatic N) is 1. The van der Waals surface area contributed by atoms with Gasteiger partial charge in [-0.25, -0.2) is 8.42 Å². The van der Waals surface area contributed by atoms with Crippen LogP contribution < -0.4 is 0 Å². The minimum absolute atomic E-state index is 0.0204. The van der Waals surface area contributed by atoms with Crippen molar-refractivity contribution in [1.82, 2.24) is 4.31 Å². The number of benzene rings is 1. The maximum absolute atomic E-state index is 12.5. The molecule has 18 heavy (non-hydrogen) atoms. The summed E-state index contributed by atoms with van der Waals surface area (Å²) in [6.45, 7) is 2.30. The van der Waals surface area contributed by atoms with Gasteiger partial charge >= 0.3 is 0 Å². The molecule has 0 bridgehead atoms. The number of aliphatic hydroxyl groups excluding tert-OH is 1. The zero-order chi connectivity index (χ0) is 13.2. The lowest BCUT2D eigenvalue weighted by Gasteiger charge is -2.21. The highest BCUT2D eigenvalue weighted by Crippen LogP contribution is 2.32. The van der Waals surface area contributed by atoms with Crippen LogP contribution in [0.4, 0.5) is 0 Å². The van der Waals surface area contributed by atoms with E-state index in [-0.39, 0.29) is 12.6 Å². The summed E-state index contributed by atoms with van der Waals surface area (Å²) in [7, 11) is -3.41. The second kappa shape index (κ2) is 5.38. The molecule has 1 aromatic carbocycles. The molecule has 0 aliphatic heterocycles. The van der Waals surface area contributed by atoms with Gasteiger partial charge in [0, 0.05) is 19.2 Å². The van der Waals surface area contributed by atoms with Crippen LogP contribution in [0, 0.1) is 6.92 Å². The molecular weight excluding hydrogens is 250 g/mol. The standard InChI is InChI=1S/C13H19NO3S/c1-11-4-2-5-13(10-11)18(16,17)14(8-3-9-15)12-6-7-12/h2,4-5,10,12,15H,3,6-9H2,1H3. The first-order chi connectivity index (χ1) is 8.55. The fourth-order valence-electron chi connectivity index (χ4n) is 2.00. The van der Waals surface area contributed by atoms with Crippen LogP contribution in [0.25, 0.3) is 0 Å². The van der Waals surface area contributed by atoms with E-state index in [0.717, 1.165) is 18.4 Å². The summed E-state index contributed by atoms with van der Waals surface area (Å²) in [5, 5.41) is 8.88. The summed E-state index contributed by atoms with van der Waals surface area (Å²) in [5.74, 6) is 0. The van der Waals surface area contributed by atoms with Crippen molar-refractivity contribution in [2.24, 2.45) is 0 Å². The van der Waals surface area contributed by atoms with Crippen molar-refractivity contribution in [1.29, 1.82) is 0 Å². The minimum Gasteiger partial charge on any atom is -0.396 e. The molecule has 0 radical (unpaired) electrons. The number of hydrogen-bond acceptors (Lipinski definition) is 3. The summed E-state index contributed by atoms with van der Waals surface area (Å²) in [5.41, 5.74) is 0.939. The topological polar surface area (TPSA) is 57.6 Å². The van der Waals surface area contributed by atoms with Gasteiger partial charge in [-0.3, -0.25) is 0 Å². The highest BCUT2D eigenvalue weighted by molar-refractivity contribution is 7.89. The normalized spacial score (nSPS) is 16.2. The molecule has 4 nitrogen and oxygen atoms in total. The Morgan fingerprint density at radius 1 is 1.39 bits per heavy atom. The lowest BCUT2D eigenvalue weighted by Crippen LogP contribution is -2.34. The zero-order valence-electron chi connectivity index (χ0n) is 10.5. The molecular formula is C13H19NO3S. The summed E-state index contributed by atoms with van der Waals surface area (Å²) in [6.07, 6.45) is 2.34. The third-order valence-electron chi connectivity index (χ3n) is 3.09. The first-order valence-electron chi connectivity index (χ1n) is 6.25. The maximum atomic E-state index is 12.5. The molecule has 2 rings (SSSR count). The van der Waals surface area contributed by atoms with Crippen molar-refractivity contribution in [3.05, 3.63) is 29.8 Å². The van der Waals surface area contributed by atoms with E-state index >= 15 is 0 Å². The molecule has 1 N–H and O–H groups in total. The fourth-order valence-corrected chi connectivity index (χ4v) is 3.83. The van der Waals surface area contributed by atoms with Crippen molar-refractivity contribution < 1.29 is 13.5 Å². The van der Waals surface area contributed by atoms with Crippen molar-refractivity contribution in [3.8, 4) is 0 Å². The van der Waals surface area contributed by atoms with Gasteiger partial charge in [-0.2, -0.15) is 4.31 Å². The second-order valence-electron chi connectivity index (χ2n) is 4.74. The Morgan fingerprint density at radius 2 is 2.11 bits per heavy atom. The summed E-state index contributed by atoms with van der Waals surface area (Å²) >= 11 is 0. The van der Waals surface area contributed by atoms with E-state index in [9.17, 15) is 8.42 Å². The summed E-state index contributed by atoms with van der Waals surface area (Å²) in [4.78, 5) is 0.354. The van der Waals surface area contributed by atoms with E-state index in [0.29, 0.717) is 17.9 Å². The van der Waals surface area contributed by atoms with Crippen LogP contribution in [-0.2, 0) is 10.0 Å². The van der Waals surface area contributed by atoms with Crippen LogP contribution in [-0.4, -0.2) is 37.0 Å². The van der Waals surface area contributed by atoms with E-state index in [4.69, 9.17) is 5.11 Å². The van der Waals surface area contributed by atoms with E-state index in [1.165, 1.54) is 4.31 Å². The predicted octanol–water partition coefficient (Wildman–Crippen LogP) is 1.53. The van der Waals surface area contributed by atoms with Crippen molar-refractivity contribution in [2.75, 3.05) is 13.2 Å². The predicted molar refractivity (Wildman–Crippen MR) is 69.8 cm³/mol. The molecule has 0 saturated heterocycles. The van der Waals surface area contributed by atoms with Gasteiger partial charge < -0.3 is 5.11 Å². The first kappa shape index (κ1) is 13.5. The monoisotopic (exact) mass is 269 g/mol. The molecule has 0 amide bonds. The van der Waals surface area contributed by atoms with Crippen LogP contribution in [0.2, 0.25) is 0 Å². The molecule has 5 heteroatoms. The number of rotatable bonds is 6. The summed E-state index contributed by atoms with van der Waals surface area (Å²) < 4.78 is 26.6. The molecule has 0 unspecified atom stereocenters. The Morgan fingerprint density at radius 3 is 2.67 bits per heavy atom. The molecule has 1 aliphatic rings. The number of hydrogen-bond donors (Lipinski definition) is 1. The first-order valence-corrected chi connectivity index (χ1v) is 7.69. The molecule has 1 saturated carbocycles. The van der Waals surface area contributed by atoms with Crippen molar-refractivity contribution in [2.45, 2.75) is 37.1 Å². The van der Waals surface area contributed by atoms with Gasteiger partial charge in [0.1, 0.15) is 0 Å². The Hall–Kier alpha value is -0.910. The van der Waals surface area contributed by atoms with Gasteiger partial charge in [-0.05, 0) is 43.9 Å². The average molecular weight is 269 g/mol. The Kier molecular flexibility index (Phi) is 4.04. The number of aryl methyl sites for hydroxylation is 1. The molecule has 0 heterocycles. The molecule has 0 spiro atoms. The highest BCUT2D eigenvalue weighted by atomic mass is 32.2. The number of aliphatic hydroxyl groups is 1. The third-order valence-corrected chi connectivity index (χ3v) is 5.03. The van der Waals surface area contributed by atoms with Gasteiger partial charge in [0.2, 0.25) is 10.0 Å². The Bertz CT molecular complexity index is 509. The SMILES string of the molecule is Cc1cccc(S(=O)(=O)N(CCCO)C2CC2)c1. The van der Waals surface area contributed by atoms with Crippen LogP contribution in [0.1, 0.15) is 24.8 Å². The zero-order valence-corrected chi connectivity index (χ0v) is 11.4. The Labute approximate surface area is 108 Å². The molecule has 0 aromatic heterocycles. The fraction of sp³-hybridized carbons (Fsp3) is 0.538. The number of sulfonamides is 1. The van der Waals surface area contributed by atoms with Gasteiger partial charge in [0.25, 0.3) is 0 Å². The molecule has 100 valence electrons. The maximum Gasteiger partial charge on any atom is 0.243 e. The smallest absolute Gasteiger partial charge is 0.243 e. The van der Waals surface area contributed by atoms with Crippen molar-refractivity contribution >= 4 is 10.0 Å². The van der Waals surface area contributed by atoms with E-state index in [2.05, 4.69) is 0 Å². The van der Waals surface area contributed by atoms with E-state index in [1.807, 2.05) is 13.0 Å². The second-order valence-corrected chi connectivity index (χ2v) is 6.63. The van der Waals surface area contributed by atoms with Crippen LogP contribution in [0.3, 0.4) is 0 Å². The average Bonchev–Trinajstić information content (AvgIpc) is 3.14. The lowest BCUT2D eigenvalue weighted by atomic mass is 10.2. The van der Waals surface area contributed by atoms with Crippen LogP contribution in [0.5, 0.6) is 0 Å². The van der Waals surface area contributed by atoms with Gasteiger partial charge in [0.15, 0.2) is 0 Å². The quantitative estimate of drug-likeness (QED) is 0.852. The van der Waals surface area contributed by atoms with Crippen molar-refractivity contribution in [3.63, 3.8) is 0 Å². The summed E-state index contributed by atoms with van der Waals surface area (Å²) in [6, 6.07) is 7.11. The minimum atomic E-state index is -3.41.